The first-order chi connectivity index (χ1) is 12.2. The molecule has 0 unspecified atom stereocenters. The van der Waals surface area contributed by atoms with Crippen LogP contribution >= 0.6 is 34.7 Å². The Labute approximate surface area is 157 Å². The van der Waals surface area contributed by atoms with Gasteiger partial charge in [-0.15, -0.1) is 11.3 Å². The zero-order valence-corrected chi connectivity index (χ0v) is 15.2. The second kappa shape index (κ2) is 8.12. The van der Waals surface area contributed by atoms with Crippen molar-refractivity contribution in [1.82, 2.24) is 9.97 Å². The predicted octanol–water partition coefficient (Wildman–Crippen LogP) is 4.46. The molecule has 1 N–H and O–H groups in total. The number of thioether (sulfide) groups is 1. The molecule has 0 fully saturated rings. The van der Waals surface area contributed by atoms with Crippen molar-refractivity contribution < 1.29 is 4.79 Å². The maximum Gasteiger partial charge on any atom is 0.236 e. The number of amides is 1. The molecule has 1 aromatic carbocycles. The molecule has 0 aliphatic heterocycles. The highest BCUT2D eigenvalue weighted by molar-refractivity contribution is 8.00. The van der Waals surface area contributed by atoms with Crippen LogP contribution in [0.3, 0.4) is 0 Å². The van der Waals surface area contributed by atoms with Crippen molar-refractivity contribution in [2.24, 2.45) is 0 Å². The van der Waals surface area contributed by atoms with E-state index in [0.29, 0.717) is 20.7 Å². The van der Waals surface area contributed by atoms with Crippen LogP contribution in [0.5, 0.6) is 0 Å². The molecule has 0 saturated heterocycles. The maximum absolute atomic E-state index is 12.0. The number of nitrogens with one attached hydrogen (secondary N) is 1. The molecule has 2 aromatic heterocycles. The molecule has 0 aliphatic carbocycles. The zero-order chi connectivity index (χ0) is 17.6. The van der Waals surface area contributed by atoms with Crippen LogP contribution in [0.2, 0.25) is 5.02 Å². The largest absolute Gasteiger partial charge is 0.301 e. The lowest BCUT2D eigenvalue weighted by molar-refractivity contribution is -0.113. The van der Waals surface area contributed by atoms with E-state index in [4.69, 9.17) is 11.6 Å². The zero-order valence-electron chi connectivity index (χ0n) is 12.8. The fraction of sp³-hybridized carbons (Fsp3) is 0.0588. The fourth-order valence-corrected chi connectivity index (χ4v) is 3.43. The molecule has 0 aliphatic rings. The van der Waals surface area contributed by atoms with E-state index in [1.807, 2.05) is 12.1 Å². The van der Waals surface area contributed by atoms with E-state index in [1.54, 1.807) is 35.8 Å². The van der Waals surface area contributed by atoms with Gasteiger partial charge in [0.2, 0.25) is 5.91 Å². The number of carbonyl (C=O) groups is 1. The van der Waals surface area contributed by atoms with Crippen LogP contribution in [0.4, 0.5) is 5.13 Å². The molecule has 0 bridgehead atoms. The third-order valence-corrected chi connectivity index (χ3v) is 5.07. The molecule has 5 nitrogen and oxygen atoms in total. The Balaban J connectivity index is 1.75. The highest BCUT2D eigenvalue weighted by Crippen LogP contribution is 2.26. The fourth-order valence-electron chi connectivity index (χ4n) is 1.99. The molecular weight excluding hydrogens is 376 g/mol. The van der Waals surface area contributed by atoms with Crippen LogP contribution in [0.1, 0.15) is 5.56 Å². The van der Waals surface area contributed by atoms with Crippen LogP contribution in [-0.4, -0.2) is 21.6 Å². The lowest BCUT2D eigenvalue weighted by Crippen LogP contribution is -2.14. The van der Waals surface area contributed by atoms with Crippen molar-refractivity contribution in [2.75, 3.05) is 11.1 Å². The van der Waals surface area contributed by atoms with Gasteiger partial charge in [-0.05, 0) is 24.3 Å². The summed E-state index contributed by atoms with van der Waals surface area (Å²) >= 11 is 8.47. The highest BCUT2D eigenvalue weighted by atomic mass is 35.5. The molecule has 25 heavy (non-hydrogen) atoms. The van der Waals surface area contributed by atoms with Crippen LogP contribution in [0.25, 0.3) is 11.3 Å². The molecule has 0 saturated carbocycles. The number of halogens is 1. The van der Waals surface area contributed by atoms with Gasteiger partial charge in [-0.25, -0.2) is 9.97 Å². The van der Waals surface area contributed by atoms with E-state index in [1.165, 1.54) is 23.1 Å². The van der Waals surface area contributed by atoms with Crippen molar-refractivity contribution in [3.8, 4) is 17.3 Å². The summed E-state index contributed by atoms with van der Waals surface area (Å²) in [6.07, 6.45) is 1.62. The number of nitriles is 1. The third-order valence-electron chi connectivity index (χ3n) is 3.14. The van der Waals surface area contributed by atoms with Crippen LogP contribution in [0, 0.1) is 11.3 Å². The van der Waals surface area contributed by atoms with Gasteiger partial charge >= 0.3 is 0 Å². The van der Waals surface area contributed by atoms with Gasteiger partial charge in [-0.2, -0.15) is 5.26 Å². The minimum absolute atomic E-state index is 0.144. The summed E-state index contributed by atoms with van der Waals surface area (Å²) in [6.45, 7) is 0. The summed E-state index contributed by atoms with van der Waals surface area (Å²) in [5, 5.41) is 15.5. The van der Waals surface area contributed by atoms with E-state index < -0.39 is 0 Å². The predicted molar refractivity (Wildman–Crippen MR) is 101 cm³/mol. The molecular formula is C17H11ClN4OS2. The Kier molecular flexibility index (Phi) is 5.66. The summed E-state index contributed by atoms with van der Waals surface area (Å²) in [5.74, 6) is -0.0479. The van der Waals surface area contributed by atoms with Crippen molar-refractivity contribution in [2.45, 2.75) is 5.03 Å². The minimum atomic E-state index is -0.192. The van der Waals surface area contributed by atoms with Gasteiger partial charge in [0.1, 0.15) is 11.1 Å². The standard InChI is InChI=1S/C17H11ClN4OS2/c18-13-4-1-11(2-5-13)14-6-3-12(9-19)16(21-14)25-10-15(23)22-17-20-7-8-24-17/h1-8H,10H2,(H,20,22,23). The van der Waals surface area contributed by atoms with Crippen LogP contribution < -0.4 is 5.32 Å². The van der Waals surface area contributed by atoms with Crippen molar-refractivity contribution in [3.63, 3.8) is 0 Å². The monoisotopic (exact) mass is 386 g/mol. The van der Waals surface area contributed by atoms with Gasteiger partial charge in [0, 0.05) is 22.2 Å². The van der Waals surface area contributed by atoms with Gasteiger partial charge in [0.05, 0.1) is 17.0 Å². The van der Waals surface area contributed by atoms with Gasteiger partial charge in [-0.3, -0.25) is 4.79 Å². The van der Waals surface area contributed by atoms with Gasteiger partial charge in [-0.1, -0.05) is 35.5 Å². The number of hydrogen-bond acceptors (Lipinski definition) is 6. The summed E-state index contributed by atoms with van der Waals surface area (Å²) < 4.78 is 0. The number of nitrogens with zero attached hydrogens (tertiary/aromatic N) is 3. The first-order valence-electron chi connectivity index (χ1n) is 7.15. The Bertz CT molecular complexity index is 921. The number of anilines is 1. The van der Waals surface area contributed by atoms with Gasteiger partial charge < -0.3 is 5.32 Å². The SMILES string of the molecule is N#Cc1ccc(-c2ccc(Cl)cc2)nc1SCC(=O)Nc1nccs1. The molecule has 8 heteroatoms. The third kappa shape index (κ3) is 4.57. The van der Waals surface area contributed by atoms with Gasteiger partial charge in [0.15, 0.2) is 5.13 Å². The summed E-state index contributed by atoms with van der Waals surface area (Å²) in [5.41, 5.74) is 2.05. The molecule has 0 atom stereocenters. The van der Waals surface area contributed by atoms with Crippen molar-refractivity contribution in [3.05, 3.63) is 58.6 Å². The first-order valence-corrected chi connectivity index (χ1v) is 9.39. The number of hydrogen-bond donors (Lipinski definition) is 1. The number of rotatable bonds is 5. The van der Waals surface area contributed by atoms with Crippen molar-refractivity contribution in [1.29, 1.82) is 5.26 Å². The van der Waals surface area contributed by atoms with Crippen molar-refractivity contribution >= 4 is 45.7 Å². The number of carbonyl (C=O) groups excluding carboxylic acids is 1. The Morgan fingerprint density at radius 2 is 2.08 bits per heavy atom. The van der Waals surface area contributed by atoms with Crippen LogP contribution in [0.15, 0.2) is 53.0 Å². The van der Waals surface area contributed by atoms with Gasteiger partial charge in [0.25, 0.3) is 0 Å². The smallest absolute Gasteiger partial charge is 0.236 e. The summed E-state index contributed by atoms with van der Waals surface area (Å²) in [6, 6.07) is 12.9. The lowest BCUT2D eigenvalue weighted by Gasteiger charge is -2.07. The molecule has 1 amide bonds. The second-order valence-corrected chi connectivity index (χ2v) is 7.14. The van der Waals surface area contributed by atoms with E-state index >= 15 is 0 Å². The lowest BCUT2D eigenvalue weighted by atomic mass is 10.1. The summed E-state index contributed by atoms with van der Waals surface area (Å²) in [7, 11) is 0. The summed E-state index contributed by atoms with van der Waals surface area (Å²) in [4.78, 5) is 20.5. The Hall–Kier alpha value is -2.40. The average Bonchev–Trinajstić information content (AvgIpc) is 3.13. The molecule has 0 radical (unpaired) electrons. The minimum Gasteiger partial charge on any atom is -0.301 e. The van der Waals surface area contributed by atoms with E-state index in [-0.39, 0.29) is 11.7 Å². The normalized spacial score (nSPS) is 10.2. The molecule has 3 aromatic rings. The Morgan fingerprint density at radius 1 is 1.28 bits per heavy atom. The van der Waals surface area contributed by atoms with E-state index in [9.17, 15) is 10.1 Å². The highest BCUT2D eigenvalue weighted by Gasteiger charge is 2.11. The number of pyridine rings is 1. The Morgan fingerprint density at radius 3 is 2.76 bits per heavy atom. The number of benzene rings is 1. The first kappa shape index (κ1) is 17.4. The molecule has 124 valence electrons. The molecule has 0 spiro atoms. The van der Waals surface area contributed by atoms with E-state index in [0.717, 1.165) is 11.3 Å². The van der Waals surface area contributed by atoms with Crippen LogP contribution in [-0.2, 0) is 4.79 Å². The number of aromatic nitrogens is 2. The quantitative estimate of drug-likeness (QED) is 0.655. The molecule has 3 rings (SSSR count). The topological polar surface area (TPSA) is 78.7 Å². The second-order valence-electron chi connectivity index (χ2n) is 4.84. The maximum atomic E-state index is 12.0. The number of thiazole rings is 1. The average molecular weight is 387 g/mol. The van der Waals surface area contributed by atoms with E-state index in [2.05, 4.69) is 21.4 Å². The molecule has 2 heterocycles.